The molecule has 0 aliphatic rings. The summed E-state index contributed by atoms with van der Waals surface area (Å²) >= 11 is 0. The number of nitrogens with one attached hydrogen (secondary N) is 1. The highest BCUT2D eigenvalue weighted by atomic mass is 19.2. The molecule has 2 nitrogen and oxygen atoms in total. The van der Waals surface area contributed by atoms with Gasteiger partial charge in [0, 0.05) is 11.6 Å². The Labute approximate surface area is 109 Å². The van der Waals surface area contributed by atoms with Gasteiger partial charge < -0.3 is 5.32 Å². The van der Waals surface area contributed by atoms with Crippen molar-refractivity contribution in [1.82, 2.24) is 0 Å². The number of amides is 1. The Morgan fingerprint density at radius 1 is 0.850 bits per heavy atom. The molecule has 0 bridgehead atoms. The maximum atomic E-state index is 13.3. The molecule has 2 rings (SSSR count). The fraction of sp³-hybridized carbons (Fsp3) is 0. The summed E-state index contributed by atoms with van der Waals surface area (Å²) in [4.78, 5) is 11.6. The van der Waals surface area contributed by atoms with Crippen LogP contribution in [0.1, 0.15) is 10.4 Å². The molecular weight excluding hydrogens is 281 g/mol. The third kappa shape index (κ3) is 2.76. The van der Waals surface area contributed by atoms with Crippen LogP contribution in [0.5, 0.6) is 0 Å². The zero-order valence-electron chi connectivity index (χ0n) is 9.68. The van der Waals surface area contributed by atoms with E-state index in [1.54, 1.807) is 0 Å². The van der Waals surface area contributed by atoms with Crippen LogP contribution in [-0.4, -0.2) is 5.91 Å². The first-order valence-corrected chi connectivity index (χ1v) is 5.29. The standard InChI is InChI=1S/C13H6F5NO/c14-7-3-6(4-8(15)5-7)13(20)19-10-2-1-9(16)11(17)12(10)18/h1-5H,(H,19,20). The van der Waals surface area contributed by atoms with E-state index in [-0.39, 0.29) is 0 Å². The van der Waals surface area contributed by atoms with Gasteiger partial charge in [-0.1, -0.05) is 0 Å². The Hall–Kier alpha value is -2.44. The first-order chi connectivity index (χ1) is 9.38. The number of halogens is 5. The van der Waals surface area contributed by atoms with Gasteiger partial charge in [0.25, 0.3) is 5.91 Å². The Balaban J connectivity index is 2.30. The number of rotatable bonds is 2. The Bertz CT molecular complexity index is 666. The molecule has 0 unspecified atom stereocenters. The number of carbonyl (C=O) groups excluding carboxylic acids is 1. The van der Waals surface area contributed by atoms with E-state index in [1.807, 2.05) is 5.32 Å². The van der Waals surface area contributed by atoms with Gasteiger partial charge in [0.1, 0.15) is 11.6 Å². The lowest BCUT2D eigenvalue weighted by Crippen LogP contribution is -2.14. The van der Waals surface area contributed by atoms with E-state index in [9.17, 15) is 26.7 Å². The van der Waals surface area contributed by atoms with E-state index in [0.717, 1.165) is 18.2 Å². The van der Waals surface area contributed by atoms with Crippen molar-refractivity contribution in [2.24, 2.45) is 0 Å². The highest BCUT2D eigenvalue weighted by Crippen LogP contribution is 2.20. The number of carbonyl (C=O) groups is 1. The molecular formula is C13H6F5NO. The van der Waals surface area contributed by atoms with Crippen LogP contribution in [0.3, 0.4) is 0 Å². The third-order valence-corrected chi connectivity index (χ3v) is 2.41. The number of hydrogen-bond donors (Lipinski definition) is 1. The summed E-state index contributed by atoms with van der Waals surface area (Å²) < 4.78 is 64.8. The number of hydrogen-bond acceptors (Lipinski definition) is 1. The van der Waals surface area contributed by atoms with Gasteiger partial charge in [0.2, 0.25) is 0 Å². The summed E-state index contributed by atoms with van der Waals surface area (Å²) in [5.74, 6) is -7.84. The Morgan fingerprint density at radius 2 is 1.45 bits per heavy atom. The van der Waals surface area contributed by atoms with E-state index in [2.05, 4.69) is 0 Å². The molecule has 1 N–H and O–H groups in total. The Morgan fingerprint density at radius 3 is 2.05 bits per heavy atom. The smallest absolute Gasteiger partial charge is 0.255 e. The molecule has 1 amide bonds. The van der Waals surface area contributed by atoms with Crippen LogP contribution in [0, 0.1) is 29.1 Å². The van der Waals surface area contributed by atoms with Crippen molar-refractivity contribution in [3.8, 4) is 0 Å². The summed E-state index contributed by atoms with van der Waals surface area (Å²) in [5, 5.41) is 1.90. The molecule has 0 saturated heterocycles. The number of benzene rings is 2. The minimum absolute atomic E-state index is 0.424. The van der Waals surface area contributed by atoms with Crippen LogP contribution in [0.2, 0.25) is 0 Å². The van der Waals surface area contributed by atoms with Crippen molar-refractivity contribution < 1.29 is 26.7 Å². The van der Waals surface area contributed by atoms with Gasteiger partial charge in [-0.3, -0.25) is 4.79 Å². The molecule has 0 saturated carbocycles. The van der Waals surface area contributed by atoms with Crippen LogP contribution < -0.4 is 5.32 Å². The Kier molecular flexibility index (Phi) is 3.69. The first-order valence-electron chi connectivity index (χ1n) is 5.29. The summed E-state index contributed by atoms with van der Waals surface area (Å²) in [5.41, 5.74) is -1.06. The third-order valence-electron chi connectivity index (χ3n) is 2.41. The molecule has 0 fully saturated rings. The van der Waals surface area contributed by atoms with E-state index in [0.29, 0.717) is 12.1 Å². The normalized spacial score (nSPS) is 10.4. The van der Waals surface area contributed by atoms with Crippen molar-refractivity contribution in [2.45, 2.75) is 0 Å². The minimum Gasteiger partial charge on any atom is -0.319 e. The second-order valence-electron chi connectivity index (χ2n) is 3.84. The average Bonchev–Trinajstić information content (AvgIpc) is 2.38. The van der Waals surface area contributed by atoms with Gasteiger partial charge in [-0.15, -0.1) is 0 Å². The SMILES string of the molecule is O=C(Nc1ccc(F)c(F)c1F)c1cc(F)cc(F)c1. The van der Waals surface area contributed by atoms with Gasteiger partial charge in [0.15, 0.2) is 17.5 Å². The first kappa shape index (κ1) is 14.0. The lowest BCUT2D eigenvalue weighted by Gasteiger charge is -2.07. The van der Waals surface area contributed by atoms with Crippen LogP contribution in [0.15, 0.2) is 30.3 Å². The summed E-state index contributed by atoms with van der Waals surface area (Å²) in [6, 6.07) is 3.39. The maximum absolute atomic E-state index is 13.3. The molecule has 0 aliphatic heterocycles. The minimum atomic E-state index is -1.76. The largest absolute Gasteiger partial charge is 0.319 e. The van der Waals surface area contributed by atoms with Crippen molar-refractivity contribution in [1.29, 1.82) is 0 Å². The fourth-order valence-electron chi connectivity index (χ4n) is 1.50. The lowest BCUT2D eigenvalue weighted by molar-refractivity contribution is 0.102. The van der Waals surface area contributed by atoms with E-state index < -0.39 is 46.2 Å². The van der Waals surface area contributed by atoms with Gasteiger partial charge in [-0.25, -0.2) is 22.0 Å². The zero-order valence-corrected chi connectivity index (χ0v) is 9.68. The average molecular weight is 287 g/mol. The predicted molar refractivity (Wildman–Crippen MR) is 60.6 cm³/mol. The van der Waals surface area contributed by atoms with E-state index >= 15 is 0 Å². The molecule has 0 aliphatic carbocycles. The number of anilines is 1. The summed E-state index contributed by atoms with van der Waals surface area (Å²) in [6.07, 6.45) is 0. The lowest BCUT2D eigenvalue weighted by atomic mass is 10.2. The highest BCUT2D eigenvalue weighted by molar-refractivity contribution is 6.04. The van der Waals surface area contributed by atoms with E-state index in [4.69, 9.17) is 0 Å². The van der Waals surface area contributed by atoms with Crippen LogP contribution in [-0.2, 0) is 0 Å². The maximum Gasteiger partial charge on any atom is 0.255 e. The van der Waals surface area contributed by atoms with E-state index in [1.165, 1.54) is 0 Å². The quantitative estimate of drug-likeness (QED) is 0.663. The van der Waals surface area contributed by atoms with Gasteiger partial charge in [0.05, 0.1) is 5.69 Å². The molecule has 0 aromatic heterocycles. The molecule has 2 aromatic rings. The molecule has 0 atom stereocenters. The second-order valence-corrected chi connectivity index (χ2v) is 3.84. The summed E-state index contributed by atoms with van der Waals surface area (Å²) in [6.45, 7) is 0. The van der Waals surface area contributed by atoms with Crippen LogP contribution in [0.25, 0.3) is 0 Å². The zero-order chi connectivity index (χ0) is 14.9. The molecule has 104 valence electrons. The molecule has 7 heteroatoms. The highest BCUT2D eigenvalue weighted by Gasteiger charge is 2.16. The second kappa shape index (κ2) is 5.28. The van der Waals surface area contributed by atoms with Crippen LogP contribution >= 0.6 is 0 Å². The van der Waals surface area contributed by atoms with Crippen molar-refractivity contribution in [3.05, 3.63) is 65.0 Å². The van der Waals surface area contributed by atoms with Crippen molar-refractivity contribution >= 4 is 11.6 Å². The monoisotopic (exact) mass is 287 g/mol. The van der Waals surface area contributed by atoms with Crippen molar-refractivity contribution in [2.75, 3.05) is 5.32 Å². The van der Waals surface area contributed by atoms with Crippen LogP contribution in [0.4, 0.5) is 27.6 Å². The van der Waals surface area contributed by atoms with Gasteiger partial charge in [-0.05, 0) is 24.3 Å². The molecule has 0 heterocycles. The van der Waals surface area contributed by atoms with Crippen molar-refractivity contribution in [3.63, 3.8) is 0 Å². The molecule has 2 aromatic carbocycles. The topological polar surface area (TPSA) is 29.1 Å². The van der Waals surface area contributed by atoms with Gasteiger partial charge >= 0.3 is 0 Å². The molecule has 0 spiro atoms. The van der Waals surface area contributed by atoms with Gasteiger partial charge in [-0.2, -0.15) is 0 Å². The molecule has 20 heavy (non-hydrogen) atoms. The molecule has 0 radical (unpaired) electrons. The fourth-order valence-corrected chi connectivity index (χ4v) is 1.50. The summed E-state index contributed by atoms with van der Waals surface area (Å²) in [7, 11) is 0. The predicted octanol–water partition coefficient (Wildman–Crippen LogP) is 3.63.